The Labute approximate surface area is 99.2 Å². The number of likely N-dealkylation sites (tertiary alicyclic amines) is 1. The Morgan fingerprint density at radius 1 is 1.44 bits per heavy atom. The number of nitrogens with two attached hydrogens (primary N) is 1. The Hall–Kier alpha value is -0.160. The number of nitrogens with zero attached hydrogens (tertiary/aromatic N) is 1. The van der Waals surface area contributed by atoms with Crippen molar-refractivity contribution < 1.29 is 5.11 Å². The molecule has 0 aromatic carbocycles. The standard InChI is InChI=1S/C12H27N3O/c1-2-14-12-8-11(4-3-7-16)9-15(10-12)6-5-13/h11-12,14,16H,2-10,13H2,1H3. The minimum atomic E-state index is 0.319. The Morgan fingerprint density at radius 2 is 2.25 bits per heavy atom. The molecule has 1 saturated heterocycles. The first kappa shape index (κ1) is 13.9. The molecule has 2 unspecified atom stereocenters. The summed E-state index contributed by atoms with van der Waals surface area (Å²) in [6.07, 6.45) is 3.31. The largest absolute Gasteiger partial charge is 0.396 e. The van der Waals surface area contributed by atoms with Crippen LogP contribution in [-0.2, 0) is 0 Å². The molecular formula is C12H27N3O. The van der Waals surface area contributed by atoms with Gasteiger partial charge in [0.15, 0.2) is 0 Å². The lowest BCUT2D eigenvalue weighted by atomic mass is 9.90. The number of hydrogen-bond donors (Lipinski definition) is 3. The highest BCUT2D eigenvalue weighted by Gasteiger charge is 2.25. The van der Waals surface area contributed by atoms with Gasteiger partial charge in [0.25, 0.3) is 0 Å². The fraction of sp³-hybridized carbons (Fsp3) is 1.00. The van der Waals surface area contributed by atoms with Gasteiger partial charge in [-0.05, 0) is 31.7 Å². The molecular weight excluding hydrogens is 202 g/mol. The highest BCUT2D eigenvalue weighted by molar-refractivity contribution is 4.83. The van der Waals surface area contributed by atoms with E-state index in [0.29, 0.717) is 12.6 Å². The monoisotopic (exact) mass is 229 g/mol. The normalized spacial score (nSPS) is 27.2. The third-order valence-corrected chi connectivity index (χ3v) is 3.32. The van der Waals surface area contributed by atoms with Crippen molar-refractivity contribution in [2.24, 2.45) is 11.7 Å². The molecule has 2 atom stereocenters. The van der Waals surface area contributed by atoms with Gasteiger partial charge in [-0.2, -0.15) is 0 Å². The van der Waals surface area contributed by atoms with Crippen molar-refractivity contribution >= 4 is 0 Å². The summed E-state index contributed by atoms with van der Waals surface area (Å²) in [5.74, 6) is 0.719. The highest BCUT2D eigenvalue weighted by atomic mass is 16.2. The quantitative estimate of drug-likeness (QED) is 0.576. The van der Waals surface area contributed by atoms with Crippen molar-refractivity contribution in [3.8, 4) is 0 Å². The number of nitrogens with one attached hydrogen (secondary N) is 1. The molecule has 4 N–H and O–H groups in total. The van der Waals surface area contributed by atoms with Gasteiger partial charge in [0.1, 0.15) is 0 Å². The van der Waals surface area contributed by atoms with E-state index >= 15 is 0 Å². The predicted molar refractivity (Wildman–Crippen MR) is 67.4 cm³/mol. The zero-order valence-electron chi connectivity index (χ0n) is 10.5. The summed E-state index contributed by atoms with van der Waals surface area (Å²) < 4.78 is 0. The summed E-state index contributed by atoms with van der Waals surface area (Å²) in [5.41, 5.74) is 5.62. The average Bonchev–Trinajstić information content (AvgIpc) is 2.27. The van der Waals surface area contributed by atoms with Gasteiger partial charge in [-0.3, -0.25) is 0 Å². The molecule has 1 aliphatic heterocycles. The molecule has 1 fully saturated rings. The van der Waals surface area contributed by atoms with Crippen molar-refractivity contribution in [3.05, 3.63) is 0 Å². The zero-order chi connectivity index (χ0) is 11.8. The summed E-state index contributed by atoms with van der Waals surface area (Å²) in [6.45, 7) is 7.53. The summed E-state index contributed by atoms with van der Waals surface area (Å²) in [6, 6.07) is 0.606. The summed E-state index contributed by atoms with van der Waals surface area (Å²) >= 11 is 0. The van der Waals surface area contributed by atoms with Gasteiger partial charge >= 0.3 is 0 Å². The summed E-state index contributed by atoms with van der Waals surface area (Å²) in [4.78, 5) is 2.46. The topological polar surface area (TPSA) is 61.5 Å². The lowest BCUT2D eigenvalue weighted by molar-refractivity contribution is 0.133. The molecule has 0 radical (unpaired) electrons. The fourth-order valence-electron chi connectivity index (χ4n) is 2.69. The van der Waals surface area contributed by atoms with E-state index in [0.717, 1.165) is 51.5 Å². The lowest BCUT2D eigenvalue weighted by Crippen LogP contribution is -2.50. The second-order valence-corrected chi connectivity index (χ2v) is 4.77. The van der Waals surface area contributed by atoms with E-state index in [-0.39, 0.29) is 0 Å². The van der Waals surface area contributed by atoms with Crippen LogP contribution in [0.1, 0.15) is 26.2 Å². The van der Waals surface area contributed by atoms with E-state index in [4.69, 9.17) is 10.8 Å². The van der Waals surface area contributed by atoms with Crippen LogP contribution in [0.15, 0.2) is 0 Å². The summed E-state index contributed by atoms with van der Waals surface area (Å²) in [7, 11) is 0. The van der Waals surface area contributed by atoms with Crippen LogP contribution in [0.2, 0.25) is 0 Å². The van der Waals surface area contributed by atoms with Crippen LogP contribution in [0.5, 0.6) is 0 Å². The van der Waals surface area contributed by atoms with Crippen LogP contribution < -0.4 is 11.1 Å². The number of aliphatic hydroxyl groups is 1. The van der Waals surface area contributed by atoms with Crippen LogP contribution >= 0.6 is 0 Å². The molecule has 0 saturated carbocycles. The molecule has 1 aliphatic rings. The Bertz CT molecular complexity index is 164. The first-order chi connectivity index (χ1) is 7.80. The van der Waals surface area contributed by atoms with Crippen molar-refractivity contribution in [2.45, 2.75) is 32.2 Å². The number of hydrogen-bond acceptors (Lipinski definition) is 4. The predicted octanol–water partition coefficient (Wildman–Crippen LogP) is 0.0176. The first-order valence-electron chi connectivity index (χ1n) is 6.56. The van der Waals surface area contributed by atoms with E-state index in [1.54, 1.807) is 0 Å². The Morgan fingerprint density at radius 3 is 2.88 bits per heavy atom. The molecule has 16 heavy (non-hydrogen) atoms. The highest BCUT2D eigenvalue weighted by Crippen LogP contribution is 2.21. The van der Waals surface area contributed by atoms with Crippen molar-refractivity contribution in [1.82, 2.24) is 10.2 Å². The minimum Gasteiger partial charge on any atom is -0.396 e. The molecule has 0 aliphatic carbocycles. The van der Waals surface area contributed by atoms with E-state index in [9.17, 15) is 0 Å². The number of aliphatic hydroxyl groups excluding tert-OH is 1. The maximum atomic E-state index is 8.89. The van der Waals surface area contributed by atoms with Gasteiger partial charge in [-0.1, -0.05) is 6.92 Å². The zero-order valence-corrected chi connectivity index (χ0v) is 10.5. The van der Waals surface area contributed by atoms with Crippen molar-refractivity contribution in [3.63, 3.8) is 0 Å². The van der Waals surface area contributed by atoms with E-state index in [1.807, 2.05) is 0 Å². The number of likely N-dealkylation sites (N-methyl/N-ethyl adjacent to an activating group) is 1. The van der Waals surface area contributed by atoms with Gasteiger partial charge in [0.05, 0.1) is 0 Å². The number of piperidine rings is 1. The lowest BCUT2D eigenvalue weighted by Gasteiger charge is -2.38. The third kappa shape index (κ3) is 4.78. The molecule has 1 heterocycles. The van der Waals surface area contributed by atoms with Gasteiger partial charge in [-0.25, -0.2) is 0 Å². The molecule has 0 aromatic heterocycles. The second kappa shape index (κ2) is 8.01. The molecule has 0 bridgehead atoms. The van der Waals surface area contributed by atoms with Crippen LogP contribution in [-0.4, -0.2) is 55.4 Å². The van der Waals surface area contributed by atoms with Gasteiger partial charge in [-0.15, -0.1) is 0 Å². The van der Waals surface area contributed by atoms with Gasteiger partial charge < -0.3 is 21.1 Å². The molecule has 4 heteroatoms. The van der Waals surface area contributed by atoms with Crippen LogP contribution in [0.4, 0.5) is 0 Å². The fourth-order valence-corrected chi connectivity index (χ4v) is 2.69. The molecule has 0 amide bonds. The third-order valence-electron chi connectivity index (χ3n) is 3.32. The van der Waals surface area contributed by atoms with Crippen LogP contribution in [0.3, 0.4) is 0 Å². The smallest absolute Gasteiger partial charge is 0.0431 e. The van der Waals surface area contributed by atoms with Gasteiger partial charge in [0.2, 0.25) is 0 Å². The molecule has 0 aromatic rings. The van der Waals surface area contributed by atoms with E-state index in [2.05, 4.69) is 17.1 Å². The SMILES string of the molecule is CCNC1CC(CCCO)CN(CCN)C1. The Balaban J connectivity index is 2.38. The summed E-state index contributed by atoms with van der Waals surface area (Å²) in [5, 5.41) is 12.4. The van der Waals surface area contributed by atoms with Gasteiger partial charge in [0, 0.05) is 38.8 Å². The average molecular weight is 229 g/mol. The molecule has 1 rings (SSSR count). The van der Waals surface area contributed by atoms with E-state index < -0.39 is 0 Å². The molecule has 4 nitrogen and oxygen atoms in total. The maximum Gasteiger partial charge on any atom is 0.0431 e. The van der Waals surface area contributed by atoms with Crippen LogP contribution in [0.25, 0.3) is 0 Å². The number of rotatable bonds is 7. The molecule has 0 spiro atoms. The van der Waals surface area contributed by atoms with E-state index in [1.165, 1.54) is 6.42 Å². The first-order valence-corrected chi connectivity index (χ1v) is 6.56. The van der Waals surface area contributed by atoms with Crippen molar-refractivity contribution in [2.75, 3.05) is 39.3 Å². The maximum absolute atomic E-state index is 8.89. The Kier molecular flexibility index (Phi) is 6.96. The second-order valence-electron chi connectivity index (χ2n) is 4.77. The van der Waals surface area contributed by atoms with Crippen molar-refractivity contribution in [1.29, 1.82) is 0 Å². The minimum absolute atomic E-state index is 0.319. The van der Waals surface area contributed by atoms with Crippen LogP contribution in [0, 0.1) is 5.92 Å². The molecule has 96 valence electrons.